The lowest BCUT2D eigenvalue weighted by molar-refractivity contribution is 0.0686. The van der Waals surface area contributed by atoms with Gasteiger partial charge < -0.3 is 10.0 Å². The summed E-state index contributed by atoms with van der Waals surface area (Å²) < 4.78 is 0. The number of benzene rings is 1. The molecule has 16 heavy (non-hydrogen) atoms. The van der Waals surface area contributed by atoms with Crippen molar-refractivity contribution in [2.24, 2.45) is 0 Å². The molecule has 1 N–H and O–H groups in total. The minimum absolute atomic E-state index is 0.00579. The number of amides is 1. The van der Waals surface area contributed by atoms with E-state index in [1.54, 1.807) is 31.0 Å². The van der Waals surface area contributed by atoms with Crippen LogP contribution >= 0.6 is 0 Å². The number of carbonyl (C=O) groups is 1. The summed E-state index contributed by atoms with van der Waals surface area (Å²) in [4.78, 5) is 13.7. The van der Waals surface area contributed by atoms with E-state index in [-0.39, 0.29) is 18.1 Å². The maximum absolute atomic E-state index is 12.0. The molecule has 0 fully saturated rings. The van der Waals surface area contributed by atoms with Gasteiger partial charge in [0.05, 0.1) is 6.10 Å². The molecular weight excluding hydrogens is 202 g/mol. The van der Waals surface area contributed by atoms with E-state index in [0.717, 1.165) is 0 Å². The lowest BCUT2D eigenvalue weighted by Gasteiger charge is -2.26. The first kappa shape index (κ1) is 12.7. The van der Waals surface area contributed by atoms with Crippen LogP contribution in [0.3, 0.4) is 0 Å². The van der Waals surface area contributed by atoms with Gasteiger partial charge in [-0.1, -0.05) is 18.2 Å². The molecule has 0 saturated carbocycles. The molecule has 2 unspecified atom stereocenters. The average molecular weight is 221 g/mol. The van der Waals surface area contributed by atoms with Crippen molar-refractivity contribution in [1.29, 1.82) is 0 Å². The van der Waals surface area contributed by atoms with Crippen LogP contribution in [0.25, 0.3) is 0 Å². The Balaban J connectivity index is 2.67. The van der Waals surface area contributed by atoms with Crippen LogP contribution in [0.4, 0.5) is 0 Å². The molecule has 1 amide bonds. The third-order valence-corrected chi connectivity index (χ3v) is 2.68. The Hall–Kier alpha value is -1.35. The zero-order valence-electron chi connectivity index (χ0n) is 10.1. The molecule has 1 rings (SSSR count). The van der Waals surface area contributed by atoms with Crippen molar-refractivity contribution in [2.45, 2.75) is 32.4 Å². The second kappa shape index (κ2) is 5.66. The number of hydrogen-bond donors (Lipinski definition) is 1. The normalized spacial score (nSPS) is 14.2. The van der Waals surface area contributed by atoms with Crippen LogP contribution in [-0.4, -0.2) is 35.1 Å². The van der Waals surface area contributed by atoms with Crippen molar-refractivity contribution in [3.05, 3.63) is 35.9 Å². The monoisotopic (exact) mass is 221 g/mol. The van der Waals surface area contributed by atoms with E-state index in [1.165, 1.54) is 0 Å². The van der Waals surface area contributed by atoms with Crippen molar-refractivity contribution in [3.63, 3.8) is 0 Å². The van der Waals surface area contributed by atoms with E-state index in [0.29, 0.717) is 12.0 Å². The van der Waals surface area contributed by atoms with Gasteiger partial charge in [0.1, 0.15) is 0 Å². The van der Waals surface area contributed by atoms with Crippen LogP contribution in [0.2, 0.25) is 0 Å². The number of aliphatic hydroxyl groups excluding tert-OH is 1. The van der Waals surface area contributed by atoms with Crippen molar-refractivity contribution in [2.75, 3.05) is 7.05 Å². The highest BCUT2D eigenvalue weighted by atomic mass is 16.3. The SMILES string of the molecule is CC(O)CC(C)N(C)C(=O)c1ccccc1. The van der Waals surface area contributed by atoms with Gasteiger partial charge in [0.15, 0.2) is 0 Å². The Morgan fingerprint density at radius 2 is 1.88 bits per heavy atom. The molecule has 1 aromatic rings. The van der Waals surface area contributed by atoms with Crippen LogP contribution in [0.1, 0.15) is 30.6 Å². The van der Waals surface area contributed by atoms with Crippen molar-refractivity contribution >= 4 is 5.91 Å². The molecule has 1 aromatic carbocycles. The van der Waals surface area contributed by atoms with Gasteiger partial charge in [-0.05, 0) is 32.4 Å². The molecule has 0 aromatic heterocycles. The van der Waals surface area contributed by atoms with Gasteiger partial charge in [-0.2, -0.15) is 0 Å². The maximum atomic E-state index is 12.0. The van der Waals surface area contributed by atoms with Crippen LogP contribution in [0, 0.1) is 0 Å². The molecule has 0 aliphatic heterocycles. The van der Waals surface area contributed by atoms with Gasteiger partial charge in [-0.3, -0.25) is 4.79 Å². The first-order valence-electron chi connectivity index (χ1n) is 5.52. The molecule has 3 nitrogen and oxygen atoms in total. The van der Waals surface area contributed by atoms with Crippen molar-refractivity contribution in [3.8, 4) is 0 Å². The summed E-state index contributed by atoms with van der Waals surface area (Å²) in [5, 5.41) is 9.29. The molecule has 0 heterocycles. The Kier molecular flexibility index (Phi) is 4.50. The Labute approximate surface area is 96.7 Å². The minimum Gasteiger partial charge on any atom is -0.393 e. The highest BCUT2D eigenvalue weighted by Gasteiger charge is 2.18. The molecule has 0 saturated heterocycles. The van der Waals surface area contributed by atoms with Crippen LogP contribution in [0.5, 0.6) is 0 Å². The van der Waals surface area contributed by atoms with Crippen LogP contribution < -0.4 is 0 Å². The molecule has 0 aliphatic carbocycles. The zero-order chi connectivity index (χ0) is 12.1. The Morgan fingerprint density at radius 3 is 2.38 bits per heavy atom. The average Bonchev–Trinajstić information content (AvgIpc) is 2.27. The number of rotatable bonds is 4. The predicted octanol–water partition coefficient (Wildman–Crippen LogP) is 1.92. The van der Waals surface area contributed by atoms with Gasteiger partial charge in [0.2, 0.25) is 0 Å². The lowest BCUT2D eigenvalue weighted by Crippen LogP contribution is -2.36. The quantitative estimate of drug-likeness (QED) is 0.843. The highest BCUT2D eigenvalue weighted by Crippen LogP contribution is 2.10. The summed E-state index contributed by atoms with van der Waals surface area (Å²) in [6.07, 6.45) is 0.204. The summed E-state index contributed by atoms with van der Waals surface area (Å²) >= 11 is 0. The summed E-state index contributed by atoms with van der Waals surface area (Å²) in [6, 6.07) is 9.21. The van der Waals surface area contributed by atoms with Gasteiger partial charge >= 0.3 is 0 Å². The molecule has 2 atom stereocenters. The van der Waals surface area contributed by atoms with E-state index >= 15 is 0 Å². The summed E-state index contributed by atoms with van der Waals surface area (Å²) in [5.41, 5.74) is 0.683. The lowest BCUT2D eigenvalue weighted by atomic mass is 10.1. The second-order valence-electron chi connectivity index (χ2n) is 4.22. The van der Waals surface area contributed by atoms with Crippen LogP contribution in [0.15, 0.2) is 30.3 Å². The molecule has 0 spiro atoms. The highest BCUT2D eigenvalue weighted by molar-refractivity contribution is 5.94. The van der Waals surface area contributed by atoms with Crippen molar-refractivity contribution < 1.29 is 9.90 Å². The molecular formula is C13H19NO2. The molecule has 3 heteroatoms. The fraction of sp³-hybridized carbons (Fsp3) is 0.462. The van der Waals surface area contributed by atoms with E-state index < -0.39 is 0 Å². The fourth-order valence-corrected chi connectivity index (χ4v) is 1.64. The second-order valence-corrected chi connectivity index (χ2v) is 4.22. The molecule has 0 aliphatic rings. The van der Waals surface area contributed by atoms with Gasteiger partial charge in [0, 0.05) is 18.7 Å². The van der Waals surface area contributed by atoms with Gasteiger partial charge in [-0.15, -0.1) is 0 Å². The van der Waals surface area contributed by atoms with Crippen molar-refractivity contribution in [1.82, 2.24) is 4.90 Å². The topological polar surface area (TPSA) is 40.5 Å². The van der Waals surface area contributed by atoms with Gasteiger partial charge in [-0.25, -0.2) is 0 Å². The third kappa shape index (κ3) is 3.35. The number of nitrogens with zero attached hydrogens (tertiary/aromatic N) is 1. The first-order chi connectivity index (χ1) is 7.52. The summed E-state index contributed by atoms with van der Waals surface area (Å²) in [6.45, 7) is 3.67. The minimum atomic E-state index is -0.388. The molecule has 88 valence electrons. The molecule has 0 radical (unpaired) electrons. The Morgan fingerprint density at radius 1 is 1.31 bits per heavy atom. The molecule has 0 bridgehead atoms. The van der Waals surface area contributed by atoms with E-state index in [4.69, 9.17) is 0 Å². The smallest absolute Gasteiger partial charge is 0.253 e. The number of carbonyl (C=O) groups excluding carboxylic acids is 1. The standard InChI is InChI=1S/C13H19NO2/c1-10(9-11(2)15)14(3)13(16)12-7-5-4-6-8-12/h4-8,10-11,15H,9H2,1-3H3. The maximum Gasteiger partial charge on any atom is 0.253 e. The zero-order valence-corrected chi connectivity index (χ0v) is 10.1. The van der Waals surface area contributed by atoms with E-state index in [1.807, 2.05) is 25.1 Å². The third-order valence-electron chi connectivity index (χ3n) is 2.68. The fourth-order valence-electron chi connectivity index (χ4n) is 1.64. The van der Waals surface area contributed by atoms with Crippen LogP contribution in [-0.2, 0) is 0 Å². The Bertz CT molecular complexity index is 335. The summed E-state index contributed by atoms with van der Waals surface area (Å²) in [5.74, 6) is -0.00579. The predicted molar refractivity (Wildman–Crippen MR) is 64.3 cm³/mol. The largest absolute Gasteiger partial charge is 0.393 e. The van der Waals surface area contributed by atoms with E-state index in [9.17, 15) is 9.90 Å². The van der Waals surface area contributed by atoms with Gasteiger partial charge in [0.25, 0.3) is 5.91 Å². The first-order valence-corrected chi connectivity index (χ1v) is 5.52. The van der Waals surface area contributed by atoms with E-state index in [2.05, 4.69) is 0 Å². The summed E-state index contributed by atoms with van der Waals surface area (Å²) in [7, 11) is 1.77. The number of aliphatic hydroxyl groups is 1. The number of hydrogen-bond acceptors (Lipinski definition) is 2.